The smallest absolute Gasteiger partial charge is 0.185 e. The number of methoxy groups -OCH3 is 1. The van der Waals surface area contributed by atoms with E-state index in [1.807, 2.05) is 35.1 Å². The van der Waals surface area contributed by atoms with E-state index < -0.39 is 0 Å². The summed E-state index contributed by atoms with van der Waals surface area (Å²) in [6.07, 6.45) is 6.85. The number of carbonyl (C=O) groups is 1. The molecule has 5 heteroatoms. The molecule has 126 valence electrons. The van der Waals surface area contributed by atoms with Gasteiger partial charge in [-0.2, -0.15) is 5.10 Å². The number of aromatic hydroxyl groups is 1. The minimum absolute atomic E-state index is 0.0743. The zero-order valence-electron chi connectivity index (χ0n) is 13.8. The van der Waals surface area contributed by atoms with Crippen LogP contribution in [0.25, 0.3) is 6.08 Å². The largest absolute Gasteiger partial charge is 0.508 e. The number of hydrogen-bond donors (Lipinski definition) is 1. The minimum Gasteiger partial charge on any atom is -0.508 e. The molecule has 3 rings (SSSR count). The van der Waals surface area contributed by atoms with Crippen molar-refractivity contribution in [3.63, 3.8) is 0 Å². The molecule has 2 aromatic carbocycles. The molecule has 0 spiro atoms. The fraction of sp³-hybridized carbons (Fsp3) is 0.100. The molecule has 3 aromatic rings. The van der Waals surface area contributed by atoms with Crippen LogP contribution in [-0.4, -0.2) is 27.8 Å². The van der Waals surface area contributed by atoms with Crippen LogP contribution < -0.4 is 4.74 Å². The molecule has 25 heavy (non-hydrogen) atoms. The highest BCUT2D eigenvalue weighted by Crippen LogP contribution is 2.22. The second kappa shape index (κ2) is 7.49. The molecule has 0 aliphatic carbocycles. The third-order valence-electron chi connectivity index (χ3n) is 3.75. The lowest BCUT2D eigenvalue weighted by atomic mass is 10.1. The molecule has 0 aliphatic rings. The van der Waals surface area contributed by atoms with Crippen molar-refractivity contribution in [3.8, 4) is 11.5 Å². The van der Waals surface area contributed by atoms with Crippen LogP contribution >= 0.6 is 0 Å². The van der Waals surface area contributed by atoms with Gasteiger partial charge in [-0.1, -0.05) is 24.3 Å². The monoisotopic (exact) mass is 334 g/mol. The van der Waals surface area contributed by atoms with Gasteiger partial charge in [-0.25, -0.2) is 0 Å². The Bertz CT molecular complexity index is 899. The number of carbonyl (C=O) groups excluding carboxylic acids is 1. The zero-order chi connectivity index (χ0) is 17.6. The van der Waals surface area contributed by atoms with Crippen molar-refractivity contribution < 1.29 is 14.6 Å². The number of aromatic nitrogens is 2. The van der Waals surface area contributed by atoms with Gasteiger partial charge < -0.3 is 9.84 Å². The first-order chi connectivity index (χ1) is 12.2. The molecule has 0 bridgehead atoms. The predicted molar refractivity (Wildman–Crippen MR) is 95.8 cm³/mol. The number of allylic oxidation sites excluding steroid dienone is 1. The van der Waals surface area contributed by atoms with E-state index in [1.165, 1.54) is 18.2 Å². The van der Waals surface area contributed by atoms with Gasteiger partial charge >= 0.3 is 0 Å². The van der Waals surface area contributed by atoms with Crippen LogP contribution in [0.2, 0.25) is 0 Å². The maximum absolute atomic E-state index is 12.2. The Labute approximate surface area is 145 Å². The molecule has 0 amide bonds. The van der Waals surface area contributed by atoms with E-state index in [0.29, 0.717) is 12.1 Å². The van der Waals surface area contributed by atoms with Gasteiger partial charge in [0.2, 0.25) is 0 Å². The molecule has 1 aromatic heterocycles. The summed E-state index contributed by atoms with van der Waals surface area (Å²) < 4.78 is 7.21. The Morgan fingerprint density at radius 2 is 2.12 bits per heavy atom. The summed E-state index contributed by atoms with van der Waals surface area (Å²) >= 11 is 0. The maximum atomic E-state index is 12.2. The second-order valence-corrected chi connectivity index (χ2v) is 5.52. The highest BCUT2D eigenvalue weighted by atomic mass is 16.5. The highest BCUT2D eigenvalue weighted by molar-refractivity contribution is 6.07. The molecule has 0 unspecified atom stereocenters. The standard InChI is InChI=1S/C20H18N2O3/c1-25-20-9-7-15(12-17(20)14-22-11-3-10-21-22)6-8-19(24)16-4-2-5-18(23)13-16/h2-13,23H,14H2,1H3/b8-6+. The van der Waals surface area contributed by atoms with Crippen LogP contribution in [0.15, 0.2) is 67.0 Å². The Morgan fingerprint density at radius 3 is 2.84 bits per heavy atom. The summed E-state index contributed by atoms with van der Waals surface area (Å²) in [5.41, 5.74) is 2.30. The van der Waals surface area contributed by atoms with Gasteiger partial charge in [0.1, 0.15) is 11.5 Å². The number of benzene rings is 2. The van der Waals surface area contributed by atoms with Crippen LogP contribution in [0.4, 0.5) is 0 Å². The summed E-state index contributed by atoms with van der Waals surface area (Å²) in [6.45, 7) is 0.582. The number of ether oxygens (including phenoxy) is 1. The quantitative estimate of drug-likeness (QED) is 0.553. The predicted octanol–water partition coefficient (Wildman–Crippen LogP) is 3.54. The van der Waals surface area contributed by atoms with Gasteiger partial charge in [0, 0.05) is 23.5 Å². The third-order valence-corrected chi connectivity index (χ3v) is 3.75. The lowest BCUT2D eigenvalue weighted by Crippen LogP contribution is -2.02. The van der Waals surface area contributed by atoms with Crippen molar-refractivity contribution in [1.29, 1.82) is 0 Å². The van der Waals surface area contributed by atoms with E-state index in [-0.39, 0.29) is 11.5 Å². The normalized spacial score (nSPS) is 10.9. The van der Waals surface area contributed by atoms with E-state index in [2.05, 4.69) is 5.10 Å². The molecular formula is C20H18N2O3. The van der Waals surface area contributed by atoms with Crippen molar-refractivity contribution >= 4 is 11.9 Å². The van der Waals surface area contributed by atoms with Gasteiger partial charge in [0.05, 0.1) is 13.7 Å². The first kappa shape index (κ1) is 16.5. The van der Waals surface area contributed by atoms with Crippen molar-refractivity contribution in [1.82, 2.24) is 9.78 Å². The minimum atomic E-state index is -0.166. The second-order valence-electron chi connectivity index (χ2n) is 5.52. The summed E-state index contributed by atoms with van der Waals surface area (Å²) in [6, 6.07) is 13.9. The van der Waals surface area contributed by atoms with Crippen LogP contribution in [0.1, 0.15) is 21.5 Å². The van der Waals surface area contributed by atoms with Crippen molar-refractivity contribution in [2.45, 2.75) is 6.54 Å². The third kappa shape index (κ3) is 4.14. The van der Waals surface area contributed by atoms with Crippen molar-refractivity contribution in [2.75, 3.05) is 7.11 Å². The number of ketones is 1. The average molecular weight is 334 g/mol. The lowest BCUT2D eigenvalue weighted by Gasteiger charge is -2.09. The molecule has 0 radical (unpaired) electrons. The number of phenols is 1. The van der Waals surface area contributed by atoms with Crippen LogP contribution in [0.3, 0.4) is 0 Å². The first-order valence-corrected chi connectivity index (χ1v) is 7.81. The molecule has 0 saturated heterocycles. The Morgan fingerprint density at radius 1 is 1.24 bits per heavy atom. The van der Waals surface area contributed by atoms with Crippen LogP contribution in [0.5, 0.6) is 11.5 Å². The van der Waals surface area contributed by atoms with Gasteiger partial charge in [-0.3, -0.25) is 9.48 Å². The average Bonchev–Trinajstić information content (AvgIpc) is 3.13. The summed E-state index contributed by atoms with van der Waals surface area (Å²) in [5.74, 6) is 0.678. The number of phenolic OH excluding ortho intramolecular Hbond substituents is 1. The van der Waals surface area contributed by atoms with E-state index in [9.17, 15) is 9.90 Å². The van der Waals surface area contributed by atoms with Gasteiger partial charge in [-0.15, -0.1) is 0 Å². The Balaban J connectivity index is 1.81. The Hall–Kier alpha value is -3.34. The van der Waals surface area contributed by atoms with E-state index in [4.69, 9.17) is 4.74 Å². The SMILES string of the molecule is COc1ccc(/C=C/C(=O)c2cccc(O)c2)cc1Cn1cccn1. The fourth-order valence-electron chi connectivity index (χ4n) is 2.52. The maximum Gasteiger partial charge on any atom is 0.185 e. The molecule has 0 fully saturated rings. The molecule has 5 nitrogen and oxygen atoms in total. The van der Waals surface area contributed by atoms with E-state index >= 15 is 0 Å². The summed E-state index contributed by atoms with van der Waals surface area (Å²) in [5, 5.41) is 13.7. The van der Waals surface area contributed by atoms with Gasteiger partial charge in [0.15, 0.2) is 5.78 Å². The lowest BCUT2D eigenvalue weighted by molar-refractivity contribution is 0.104. The topological polar surface area (TPSA) is 64.3 Å². The van der Waals surface area contributed by atoms with E-state index in [0.717, 1.165) is 16.9 Å². The van der Waals surface area contributed by atoms with Crippen molar-refractivity contribution in [2.24, 2.45) is 0 Å². The zero-order valence-corrected chi connectivity index (χ0v) is 13.8. The van der Waals surface area contributed by atoms with E-state index in [1.54, 1.807) is 31.5 Å². The molecule has 0 saturated carbocycles. The highest BCUT2D eigenvalue weighted by Gasteiger charge is 2.06. The van der Waals surface area contributed by atoms with Crippen LogP contribution in [0, 0.1) is 0 Å². The first-order valence-electron chi connectivity index (χ1n) is 7.81. The van der Waals surface area contributed by atoms with Crippen LogP contribution in [-0.2, 0) is 6.54 Å². The molecule has 0 aliphatic heterocycles. The number of hydrogen-bond acceptors (Lipinski definition) is 4. The summed E-state index contributed by atoms with van der Waals surface area (Å²) in [4.78, 5) is 12.2. The fourth-order valence-corrected chi connectivity index (χ4v) is 2.52. The molecule has 1 heterocycles. The Kier molecular flexibility index (Phi) is 4.95. The molecule has 1 N–H and O–H groups in total. The summed E-state index contributed by atoms with van der Waals surface area (Å²) in [7, 11) is 1.63. The van der Waals surface area contributed by atoms with Gasteiger partial charge in [-0.05, 0) is 42.0 Å². The molecule has 0 atom stereocenters. The van der Waals surface area contributed by atoms with Crippen molar-refractivity contribution in [3.05, 3.63) is 83.7 Å². The molecular weight excluding hydrogens is 316 g/mol. The number of rotatable bonds is 6. The van der Waals surface area contributed by atoms with Gasteiger partial charge in [0.25, 0.3) is 0 Å². The number of nitrogens with zero attached hydrogens (tertiary/aromatic N) is 2.